The highest BCUT2D eigenvalue weighted by Crippen LogP contribution is 2.42. The van der Waals surface area contributed by atoms with Crippen molar-refractivity contribution in [1.29, 1.82) is 0 Å². The highest BCUT2D eigenvalue weighted by molar-refractivity contribution is 5.72. The second kappa shape index (κ2) is 6.37. The van der Waals surface area contributed by atoms with Crippen LogP contribution in [0.2, 0.25) is 0 Å². The average molecular weight is 252 g/mol. The maximum Gasteiger partial charge on any atom is 0.306 e. The topological polar surface area (TPSA) is 46.5 Å². The lowest BCUT2D eigenvalue weighted by Crippen LogP contribution is -2.17. The fraction of sp³-hybridized carbons (Fsp3) is 0.800. The average Bonchev–Trinajstić information content (AvgIpc) is 2.80. The van der Waals surface area contributed by atoms with Crippen molar-refractivity contribution >= 4 is 5.97 Å². The Labute approximate surface area is 109 Å². The summed E-state index contributed by atoms with van der Waals surface area (Å²) in [5, 5.41) is 9.98. The molecule has 4 atom stereocenters. The van der Waals surface area contributed by atoms with Crippen molar-refractivity contribution in [2.75, 3.05) is 0 Å². The first kappa shape index (κ1) is 13.6. The fourth-order valence-corrected chi connectivity index (χ4v) is 3.13. The molecule has 0 amide bonds. The number of allylic oxidation sites excluding steroid dienone is 1. The minimum absolute atomic E-state index is 0.0396. The lowest BCUT2D eigenvalue weighted by Gasteiger charge is -2.14. The SMILES string of the molecule is CCCCCC/C=C/[C@@H]1[C@H]2CC(=O)O[C@H]2C[C@H]1O. The summed E-state index contributed by atoms with van der Waals surface area (Å²) >= 11 is 0. The molecule has 1 saturated heterocycles. The molecule has 0 aromatic heterocycles. The van der Waals surface area contributed by atoms with Gasteiger partial charge in [-0.2, -0.15) is 0 Å². The predicted octanol–water partition coefficient (Wildman–Crippen LogP) is 2.83. The molecule has 102 valence electrons. The van der Waals surface area contributed by atoms with Crippen LogP contribution in [0.15, 0.2) is 12.2 Å². The summed E-state index contributed by atoms with van der Waals surface area (Å²) in [6.07, 6.45) is 11.1. The first-order valence-corrected chi connectivity index (χ1v) is 7.26. The molecular formula is C15H24O3. The monoisotopic (exact) mass is 252 g/mol. The van der Waals surface area contributed by atoms with Gasteiger partial charge in [-0.1, -0.05) is 38.3 Å². The molecule has 1 aliphatic carbocycles. The molecule has 1 saturated carbocycles. The van der Waals surface area contributed by atoms with Crippen LogP contribution in [0.1, 0.15) is 51.9 Å². The lowest BCUT2D eigenvalue weighted by molar-refractivity contribution is -0.141. The molecular weight excluding hydrogens is 228 g/mol. The number of carbonyl (C=O) groups is 1. The number of carbonyl (C=O) groups excluding carboxylic acids is 1. The third-order valence-electron chi connectivity index (χ3n) is 4.16. The summed E-state index contributed by atoms with van der Waals surface area (Å²) in [5.74, 6) is 0.227. The van der Waals surface area contributed by atoms with Gasteiger partial charge in [0.2, 0.25) is 0 Å². The van der Waals surface area contributed by atoms with Gasteiger partial charge >= 0.3 is 5.97 Å². The van der Waals surface area contributed by atoms with Crippen molar-refractivity contribution in [2.45, 2.75) is 64.1 Å². The highest BCUT2D eigenvalue weighted by Gasteiger charge is 2.48. The molecule has 1 N–H and O–H groups in total. The van der Waals surface area contributed by atoms with Crippen molar-refractivity contribution in [3.8, 4) is 0 Å². The Bertz CT molecular complexity index is 311. The number of esters is 1. The van der Waals surface area contributed by atoms with Gasteiger partial charge in [0.05, 0.1) is 12.5 Å². The van der Waals surface area contributed by atoms with E-state index in [0.29, 0.717) is 12.8 Å². The first-order valence-electron chi connectivity index (χ1n) is 7.26. The molecule has 0 spiro atoms. The summed E-state index contributed by atoms with van der Waals surface area (Å²) in [7, 11) is 0. The van der Waals surface area contributed by atoms with Crippen molar-refractivity contribution in [3.05, 3.63) is 12.2 Å². The largest absolute Gasteiger partial charge is 0.462 e. The minimum Gasteiger partial charge on any atom is -0.462 e. The zero-order chi connectivity index (χ0) is 13.0. The van der Waals surface area contributed by atoms with E-state index < -0.39 is 0 Å². The zero-order valence-corrected chi connectivity index (χ0v) is 11.2. The third-order valence-corrected chi connectivity index (χ3v) is 4.16. The van der Waals surface area contributed by atoms with E-state index in [1.165, 1.54) is 25.7 Å². The zero-order valence-electron chi connectivity index (χ0n) is 11.2. The Kier molecular flexibility index (Phi) is 4.81. The van der Waals surface area contributed by atoms with Crippen LogP contribution in [0.25, 0.3) is 0 Å². The van der Waals surface area contributed by atoms with E-state index in [2.05, 4.69) is 19.1 Å². The van der Waals surface area contributed by atoms with E-state index in [4.69, 9.17) is 4.74 Å². The Morgan fingerprint density at radius 3 is 3.00 bits per heavy atom. The van der Waals surface area contributed by atoms with Gasteiger partial charge < -0.3 is 9.84 Å². The molecule has 3 heteroatoms. The smallest absolute Gasteiger partial charge is 0.306 e. The van der Waals surface area contributed by atoms with Gasteiger partial charge in [0.1, 0.15) is 6.10 Å². The third kappa shape index (κ3) is 3.14. The van der Waals surface area contributed by atoms with Crippen molar-refractivity contribution in [3.63, 3.8) is 0 Å². The van der Waals surface area contributed by atoms with E-state index in [-0.39, 0.29) is 30.0 Å². The van der Waals surface area contributed by atoms with Gasteiger partial charge in [-0.25, -0.2) is 0 Å². The van der Waals surface area contributed by atoms with E-state index >= 15 is 0 Å². The molecule has 2 rings (SSSR count). The summed E-state index contributed by atoms with van der Waals surface area (Å²) in [6.45, 7) is 2.21. The molecule has 0 aromatic carbocycles. The number of aliphatic hydroxyl groups is 1. The molecule has 0 radical (unpaired) electrons. The number of unbranched alkanes of at least 4 members (excludes halogenated alkanes) is 4. The number of hydrogen-bond donors (Lipinski definition) is 1. The van der Waals surface area contributed by atoms with Gasteiger partial charge in [0.25, 0.3) is 0 Å². The molecule has 0 aromatic rings. The number of fused-ring (bicyclic) bond motifs is 1. The van der Waals surface area contributed by atoms with Gasteiger partial charge in [-0.05, 0) is 12.8 Å². The van der Waals surface area contributed by atoms with Gasteiger partial charge in [0.15, 0.2) is 0 Å². The van der Waals surface area contributed by atoms with Crippen LogP contribution in [-0.4, -0.2) is 23.3 Å². The Balaban J connectivity index is 1.77. The molecule has 0 bridgehead atoms. The van der Waals surface area contributed by atoms with Crippen LogP contribution >= 0.6 is 0 Å². The number of rotatable bonds is 6. The van der Waals surface area contributed by atoms with Crippen LogP contribution in [0.5, 0.6) is 0 Å². The molecule has 2 aliphatic rings. The molecule has 2 fully saturated rings. The van der Waals surface area contributed by atoms with Crippen molar-refractivity contribution in [2.24, 2.45) is 11.8 Å². The first-order chi connectivity index (χ1) is 8.72. The van der Waals surface area contributed by atoms with Crippen LogP contribution in [0.4, 0.5) is 0 Å². The molecule has 1 aliphatic heterocycles. The van der Waals surface area contributed by atoms with Gasteiger partial charge in [0, 0.05) is 18.3 Å². The molecule has 18 heavy (non-hydrogen) atoms. The van der Waals surface area contributed by atoms with Crippen LogP contribution < -0.4 is 0 Å². The Morgan fingerprint density at radius 1 is 1.39 bits per heavy atom. The fourth-order valence-electron chi connectivity index (χ4n) is 3.13. The molecule has 0 unspecified atom stereocenters. The number of aliphatic hydroxyl groups excluding tert-OH is 1. The Hall–Kier alpha value is -0.830. The number of ether oxygens (including phenoxy) is 1. The van der Waals surface area contributed by atoms with Gasteiger partial charge in [-0.15, -0.1) is 0 Å². The lowest BCUT2D eigenvalue weighted by atomic mass is 9.91. The standard InChI is InChI=1S/C15H24O3/c1-2-3-4-5-6-7-8-11-12-9-15(17)18-14(12)10-13(11)16/h7-8,11-14,16H,2-6,9-10H2,1H3/b8-7+/t11-,12-,13-,14+/m1/s1. The molecule has 1 heterocycles. The maximum atomic E-state index is 11.2. The Morgan fingerprint density at radius 2 is 2.22 bits per heavy atom. The summed E-state index contributed by atoms with van der Waals surface area (Å²) in [4.78, 5) is 11.2. The highest BCUT2D eigenvalue weighted by atomic mass is 16.6. The quantitative estimate of drug-likeness (QED) is 0.449. The van der Waals surface area contributed by atoms with E-state index in [0.717, 1.165) is 6.42 Å². The molecule has 3 nitrogen and oxygen atoms in total. The van der Waals surface area contributed by atoms with Crippen LogP contribution in [0.3, 0.4) is 0 Å². The summed E-state index contributed by atoms with van der Waals surface area (Å²) in [5.41, 5.74) is 0. The normalized spacial score (nSPS) is 35.1. The predicted molar refractivity (Wildman–Crippen MR) is 70.0 cm³/mol. The number of hydrogen-bond acceptors (Lipinski definition) is 3. The minimum atomic E-state index is -0.333. The summed E-state index contributed by atoms with van der Waals surface area (Å²) in [6, 6.07) is 0. The second-order valence-corrected chi connectivity index (χ2v) is 5.55. The van der Waals surface area contributed by atoms with E-state index in [9.17, 15) is 9.90 Å². The van der Waals surface area contributed by atoms with Crippen LogP contribution in [-0.2, 0) is 9.53 Å². The second-order valence-electron chi connectivity index (χ2n) is 5.55. The van der Waals surface area contributed by atoms with Crippen molar-refractivity contribution < 1.29 is 14.6 Å². The van der Waals surface area contributed by atoms with Crippen LogP contribution in [0, 0.1) is 11.8 Å². The van der Waals surface area contributed by atoms with E-state index in [1.54, 1.807) is 0 Å². The van der Waals surface area contributed by atoms with E-state index in [1.807, 2.05) is 0 Å². The summed E-state index contributed by atoms with van der Waals surface area (Å²) < 4.78 is 5.21. The maximum absolute atomic E-state index is 11.2. The van der Waals surface area contributed by atoms with Gasteiger partial charge in [-0.3, -0.25) is 4.79 Å². The van der Waals surface area contributed by atoms with Crippen molar-refractivity contribution in [1.82, 2.24) is 0 Å².